The molecule has 2 aliphatic heterocycles. The van der Waals surface area contributed by atoms with E-state index in [4.69, 9.17) is 10.5 Å². The Morgan fingerprint density at radius 2 is 2.41 bits per heavy atom. The zero-order valence-corrected chi connectivity index (χ0v) is 9.48. The molecule has 1 aromatic carbocycles. The highest BCUT2D eigenvalue weighted by molar-refractivity contribution is 5.90. The van der Waals surface area contributed by atoms with Gasteiger partial charge in [-0.25, -0.2) is 4.79 Å². The number of carbonyl (C=O) groups excluding carboxylic acids is 1. The summed E-state index contributed by atoms with van der Waals surface area (Å²) in [4.78, 5) is 13.3. The summed E-state index contributed by atoms with van der Waals surface area (Å²) in [7, 11) is 0. The molecule has 0 aliphatic carbocycles. The minimum absolute atomic E-state index is 0.186. The van der Waals surface area contributed by atoms with E-state index in [2.05, 4.69) is 11.4 Å². The second kappa shape index (κ2) is 3.92. The van der Waals surface area contributed by atoms with Crippen LogP contribution in [0, 0.1) is 0 Å². The third kappa shape index (κ3) is 1.72. The van der Waals surface area contributed by atoms with E-state index in [1.54, 1.807) is 4.90 Å². The minimum atomic E-state index is -0.300. The van der Waals surface area contributed by atoms with Crippen LogP contribution in [0.1, 0.15) is 5.56 Å². The first-order chi connectivity index (χ1) is 8.28. The van der Waals surface area contributed by atoms with E-state index >= 15 is 0 Å². The van der Waals surface area contributed by atoms with Gasteiger partial charge in [0.1, 0.15) is 6.10 Å². The van der Waals surface area contributed by atoms with Gasteiger partial charge in [0.25, 0.3) is 0 Å². The van der Waals surface area contributed by atoms with Gasteiger partial charge in [0.05, 0.1) is 6.54 Å². The fourth-order valence-electron chi connectivity index (χ4n) is 2.31. The minimum Gasteiger partial charge on any atom is -0.443 e. The first kappa shape index (κ1) is 10.4. The van der Waals surface area contributed by atoms with E-state index in [9.17, 15) is 4.79 Å². The molecule has 3 N–H and O–H groups in total. The Labute approximate surface area is 99.5 Å². The fourth-order valence-corrected chi connectivity index (χ4v) is 2.31. The maximum atomic E-state index is 11.7. The molecule has 5 heteroatoms. The van der Waals surface area contributed by atoms with Crippen molar-refractivity contribution in [1.82, 2.24) is 0 Å². The molecule has 1 saturated heterocycles. The van der Waals surface area contributed by atoms with Crippen LogP contribution in [0.3, 0.4) is 0 Å². The smallest absolute Gasteiger partial charge is 0.414 e. The number of hydrogen-bond donors (Lipinski definition) is 2. The first-order valence-corrected chi connectivity index (χ1v) is 5.83. The molecule has 0 spiro atoms. The molecule has 2 heterocycles. The molecule has 90 valence electrons. The van der Waals surface area contributed by atoms with Crippen LogP contribution < -0.4 is 16.0 Å². The van der Waals surface area contributed by atoms with Crippen molar-refractivity contribution < 1.29 is 9.53 Å². The monoisotopic (exact) mass is 233 g/mol. The average Bonchev–Trinajstić information content (AvgIpc) is 2.93. The molecule has 0 bridgehead atoms. The summed E-state index contributed by atoms with van der Waals surface area (Å²) in [6, 6.07) is 6.01. The molecule has 1 aromatic rings. The number of nitrogens with one attached hydrogen (secondary N) is 1. The SMILES string of the molecule is NC[C@H]1CN(c2ccc3c(c2)CCN3)C(=O)O1. The van der Waals surface area contributed by atoms with E-state index in [0.717, 1.165) is 24.3 Å². The Kier molecular flexibility index (Phi) is 2.40. The number of fused-ring (bicyclic) bond motifs is 1. The first-order valence-electron chi connectivity index (χ1n) is 5.83. The number of carbonyl (C=O) groups is 1. The average molecular weight is 233 g/mol. The maximum absolute atomic E-state index is 11.7. The van der Waals surface area contributed by atoms with Gasteiger partial charge in [-0.3, -0.25) is 4.90 Å². The van der Waals surface area contributed by atoms with Crippen molar-refractivity contribution in [3.8, 4) is 0 Å². The summed E-state index contributed by atoms with van der Waals surface area (Å²) in [5.74, 6) is 0. The lowest BCUT2D eigenvalue weighted by Gasteiger charge is -2.14. The lowest BCUT2D eigenvalue weighted by Crippen LogP contribution is -2.27. The van der Waals surface area contributed by atoms with Crippen molar-refractivity contribution >= 4 is 17.5 Å². The Morgan fingerprint density at radius 1 is 1.53 bits per heavy atom. The van der Waals surface area contributed by atoms with Crippen molar-refractivity contribution in [2.45, 2.75) is 12.5 Å². The molecule has 0 saturated carbocycles. The second-order valence-corrected chi connectivity index (χ2v) is 4.37. The van der Waals surface area contributed by atoms with Gasteiger partial charge >= 0.3 is 6.09 Å². The number of nitrogens with two attached hydrogens (primary N) is 1. The number of anilines is 2. The highest BCUT2D eigenvalue weighted by Gasteiger charge is 2.31. The molecular formula is C12H15N3O2. The van der Waals surface area contributed by atoms with Gasteiger partial charge in [0.2, 0.25) is 0 Å². The van der Waals surface area contributed by atoms with Crippen LogP contribution in [0.25, 0.3) is 0 Å². The van der Waals surface area contributed by atoms with Gasteiger partial charge in [-0.2, -0.15) is 0 Å². The van der Waals surface area contributed by atoms with Gasteiger partial charge in [-0.15, -0.1) is 0 Å². The van der Waals surface area contributed by atoms with E-state index in [0.29, 0.717) is 13.1 Å². The molecule has 3 rings (SSSR count). The summed E-state index contributed by atoms with van der Waals surface area (Å²) in [6.45, 7) is 1.88. The molecule has 2 aliphatic rings. The Balaban J connectivity index is 1.87. The predicted molar refractivity (Wildman–Crippen MR) is 65.3 cm³/mol. The number of benzene rings is 1. The van der Waals surface area contributed by atoms with Crippen LogP contribution in [0.2, 0.25) is 0 Å². The van der Waals surface area contributed by atoms with Crippen molar-refractivity contribution in [1.29, 1.82) is 0 Å². The van der Waals surface area contributed by atoms with Crippen molar-refractivity contribution in [3.05, 3.63) is 23.8 Å². The van der Waals surface area contributed by atoms with Crippen LogP contribution in [0.4, 0.5) is 16.2 Å². The topological polar surface area (TPSA) is 67.6 Å². The molecule has 0 unspecified atom stereocenters. The summed E-state index contributed by atoms with van der Waals surface area (Å²) >= 11 is 0. The fraction of sp³-hybridized carbons (Fsp3) is 0.417. The van der Waals surface area contributed by atoms with Gasteiger partial charge in [-0.05, 0) is 30.2 Å². The van der Waals surface area contributed by atoms with Crippen LogP contribution in [-0.2, 0) is 11.2 Å². The van der Waals surface area contributed by atoms with Crippen LogP contribution in [0.15, 0.2) is 18.2 Å². The lowest BCUT2D eigenvalue weighted by molar-refractivity contribution is 0.145. The Bertz CT molecular complexity index is 461. The molecule has 0 radical (unpaired) electrons. The summed E-state index contributed by atoms with van der Waals surface area (Å²) in [5.41, 5.74) is 8.83. The number of ether oxygens (including phenoxy) is 1. The number of cyclic esters (lactones) is 1. The van der Waals surface area contributed by atoms with Crippen molar-refractivity contribution in [2.24, 2.45) is 5.73 Å². The second-order valence-electron chi connectivity index (χ2n) is 4.37. The predicted octanol–water partition coefficient (Wildman–Crippen LogP) is 0.938. The normalized spacial score (nSPS) is 22.3. The molecule has 0 aromatic heterocycles. The molecule has 1 amide bonds. The zero-order valence-electron chi connectivity index (χ0n) is 9.48. The summed E-state index contributed by atoms with van der Waals surface area (Å²) < 4.78 is 5.14. The Hall–Kier alpha value is -1.75. The standard InChI is InChI=1S/C12H15N3O2/c13-6-10-7-15(12(16)17-10)9-1-2-11-8(5-9)3-4-14-11/h1-2,5,10,14H,3-4,6-7,13H2/t10-/m0/s1. The number of hydrogen-bond acceptors (Lipinski definition) is 4. The van der Waals surface area contributed by atoms with Crippen LogP contribution in [0.5, 0.6) is 0 Å². The van der Waals surface area contributed by atoms with Gasteiger partial charge in [0, 0.05) is 24.5 Å². The maximum Gasteiger partial charge on any atom is 0.414 e. The van der Waals surface area contributed by atoms with Crippen LogP contribution in [-0.4, -0.2) is 31.8 Å². The van der Waals surface area contributed by atoms with E-state index in [1.807, 2.05) is 12.1 Å². The zero-order chi connectivity index (χ0) is 11.8. The van der Waals surface area contributed by atoms with E-state index in [1.165, 1.54) is 5.56 Å². The quantitative estimate of drug-likeness (QED) is 0.797. The third-order valence-corrected chi connectivity index (χ3v) is 3.25. The van der Waals surface area contributed by atoms with E-state index in [-0.39, 0.29) is 12.2 Å². The van der Waals surface area contributed by atoms with Crippen molar-refractivity contribution in [2.75, 3.05) is 29.9 Å². The molecule has 1 atom stereocenters. The number of amides is 1. The molecule has 5 nitrogen and oxygen atoms in total. The largest absolute Gasteiger partial charge is 0.443 e. The van der Waals surface area contributed by atoms with Crippen molar-refractivity contribution in [3.63, 3.8) is 0 Å². The van der Waals surface area contributed by atoms with Gasteiger partial charge in [0.15, 0.2) is 0 Å². The van der Waals surface area contributed by atoms with Gasteiger partial charge < -0.3 is 15.8 Å². The molecule has 1 fully saturated rings. The summed E-state index contributed by atoms with van der Waals surface area (Å²) in [5, 5.41) is 3.29. The van der Waals surface area contributed by atoms with E-state index < -0.39 is 0 Å². The molecule has 17 heavy (non-hydrogen) atoms. The summed E-state index contributed by atoms with van der Waals surface area (Å²) in [6.07, 6.45) is 0.520. The third-order valence-electron chi connectivity index (χ3n) is 3.25. The highest BCUT2D eigenvalue weighted by Crippen LogP contribution is 2.29. The number of nitrogens with zero attached hydrogens (tertiary/aromatic N) is 1. The van der Waals surface area contributed by atoms with Gasteiger partial charge in [-0.1, -0.05) is 0 Å². The highest BCUT2D eigenvalue weighted by atomic mass is 16.6. The lowest BCUT2D eigenvalue weighted by atomic mass is 10.1. The number of rotatable bonds is 2. The Morgan fingerprint density at radius 3 is 3.18 bits per heavy atom. The van der Waals surface area contributed by atoms with Crippen LogP contribution >= 0.6 is 0 Å². The molecular weight excluding hydrogens is 218 g/mol.